The van der Waals surface area contributed by atoms with Gasteiger partial charge in [0.05, 0.1) is 5.41 Å². The van der Waals surface area contributed by atoms with Gasteiger partial charge in [0.15, 0.2) is 0 Å². The van der Waals surface area contributed by atoms with Crippen LogP contribution in [0.15, 0.2) is 30.3 Å². The number of hydrogen-bond donors (Lipinski definition) is 0. The Balaban J connectivity index is 2.26. The van der Waals surface area contributed by atoms with Gasteiger partial charge in [-0.05, 0) is 37.3 Å². The van der Waals surface area contributed by atoms with E-state index in [1.807, 2.05) is 12.1 Å². The Morgan fingerprint density at radius 3 is 2.56 bits per heavy atom. The zero-order valence-electron chi connectivity index (χ0n) is 9.66. The van der Waals surface area contributed by atoms with Crippen molar-refractivity contribution in [2.45, 2.75) is 25.2 Å². The van der Waals surface area contributed by atoms with Gasteiger partial charge < -0.3 is 4.57 Å². The van der Waals surface area contributed by atoms with Crippen LogP contribution < -0.4 is 0 Å². The molecule has 2 heteroatoms. The molecule has 1 fully saturated rings. The van der Waals surface area contributed by atoms with E-state index in [-0.39, 0.29) is 5.41 Å². The average molecular weight is 213 g/mol. The third-order valence-electron chi connectivity index (χ3n) is 3.87. The van der Waals surface area contributed by atoms with Crippen LogP contribution in [0, 0.1) is 0 Å². The quantitative estimate of drug-likeness (QED) is 0.751. The van der Waals surface area contributed by atoms with Crippen molar-refractivity contribution in [2.24, 2.45) is 7.05 Å². The van der Waals surface area contributed by atoms with Gasteiger partial charge in [0, 0.05) is 18.3 Å². The maximum atomic E-state index is 11.7. The highest BCUT2D eigenvalue weighted by Gasteiger charge is 2.50. The zero-order chi connectivity index (χ0) is 11.3. The van der Waals surface area contributed by atoms with Crippen LogP contribution in [0.1, 0.15) is 25.5 Å². The molecule has 1 saturated carbocycles. The van der Waals surface area contributed by atoms with Crippen molar-refractivity contribution >= 4 is 16.7 Å². The van der Waals surface area contributed by atoms with Crippen LogP contribution in [-0.4, -0.2) is 10.4 Å². The molecule has 3 rings (SSSR count). The number of aromatic nitrogens is 1. The minimum atomic E-state index is -0.173. The molecule has 1 aromatic heterocycles. The SMILES string of the molecule is CC(=O)C1(c2cc3ccccc3n2C)CC1. The molecule has 0 bridgehead atoms. The number of aryl methyl sites for hydroxylation is 1. The Bertz CT molecular complexity index is 575. The highest BCUT2D eigenvalue weighted by atomic mass is 16.1. The first-order chi connectivity index (χ1) is 7.65. The van der Waals surface area contributed by atoms with Gasteiger partial charge in [-0.2, -0.15) is 0 Å². The van der Waals surface area contributed by atoms with Gasteiger partial charge in [0.25, 0.3) is 0 Å². The summed E-state index contributed by atoms with van der Waals surface area (Å²) in [6, 6.07) is 10.5. The van der Waals surface area contributed by atoms with Crippen molar-refractivity contribution < 1.29 is 4.79 Å². The van der Waals surface area contributed by atoms with Crippen LogP contribution in [0.25, 0.3) is 10.9 Å². The largest absolute Gasteiger partial charge is 0.347 e. The first-order valence-electron chi connectivity index (χ1n) is 5.71. The van der Waals surface area contributed by atoms with Gasteiger partial charge in [-0.1, -0.05) is 18.2 Å². The summed E-state index contributed by atoms with van der Waals surface area (Å²) in [6.45, 7) is 1.71. The third kappa shape index (κ3) is 1.10. The Hall–Kier alpha value is -1.57. The van der Waals surface area contributed by atoms with E-state index >= 15 is 0 Å². The predicted molar refractivity (Wildman–Crippen MR) is 64.5 cm³/mol. The summed E-state index contributed by atoms with van der Waals surface area (Å²) in [5.74, 6) is 0.304. The molecule has 0 aliphatic heterocycles. The monoisotopic (exact) mass is 213 g/mol. The lowest BCUT2D eigenvalue weighted by Gasteiger charge is -2.12. The summed E-state index contributed by atoms with van der Waals surface area (Å²) >= 11 is 0. The number of Topliss-reactive ketones (excluding diaryl/α,β-unsaturated/α-hetero) is 1. The van der Waals surface area contributed by atoms with E-state index in [9.17, 15) is 4.79 Å². The fraction of sp³-hybridized carbons (Fsp3) is 0.357. The molecular weight excluding hydrogens is 198 g/mol. The van der Waals surface area contributed by atoms with Crippen LogP contribution in [-0.2, 0) is 17.3 Å². The van der Waals surface area contributed by atoms with Gasteiger partial charge in [-0.3, -0.25) is 4.79 Å². The van der Waals surface area contributed by atoms with E-state index in [1.54, 1.807) is 6.92 Å². The minimum Gasteiger partial charge on any atom is -0.347 e. The molecule has 1 aliphatic carbocycles. The van der Waals surface area contributed by atoms with Crippen LogP contribution in [0.3, 0.4) is 0 Å². The maximum absolute atomic E-state index is 11.7. The minimum absolute atomic E-state index is 0.173. The second-order valence-electron chi connectivity index (χ2n) is 4.79. The van der Waals surface area contributed by atoms with E-state index in [2.05, 4.69) is 29.8 Å². The second kappa shape index (κ2) is 2.97. The molecule has 2 aromatic rings. The molecule has 82 valence electrons. The molecule has 1 aromatic carbocycles. The van der Waals surface area contributed by atoms with Gasteiger partial charge in [-0.25, -0.2) is 0 Å². The van der Waals surface area contributed by atoms with Gasteiger partial charge in [-0.15, -0.1) is 0 Å². The normalized spacial score (nSPS) is 17.6. The number of ketones is 1. The lowest BCUT2D eigenvalue weighted by molar-refractivity contribution is -0.119. The molecular formula is C14H15NO. The third-order valence-corrected chi connectivity index (χ3v) is 3.87. The Labute approximate surface area is 94.9 Å². The fourth-order valence-electron chi connectivity index (χ4n) is 2.66. The lowest BCUT2D eigenvalue weighted by Crippen LogP contribution is -2.20. The number of nitrogens with zero attached hydrogens (tertiary/aromatic N) is 1. The molecule has 0 atom stereocenters. The van der Waals surface area contributed by atoms with Crippen molar-refractivity contribution in [3.05, 3.63) is 36.0 Å². The lowest BCUT2D eigenvalue weighted by atomic mass is 9.98. The van der Waals surface area contributed by atoms with Crippen LogP contribution in [0.4, 0.5) is 0 Å². The number of hydrogen-bond acceptors (Lipinski definition) is 1. The fourth-order valence-corrected chi connectivity index (χ4v) is 2.66. The van der Waals surface area contributed by atoms with E-state index in [0.29, 0.717) is 5.78 Å². The molecule has 0 N–H and O–H groups in total. The summed E-state index contributed by atoms with van der Waals surface area (Å²) in [5.41, 5.74) is 2.22. The van der Waals surface area contributed by atoms with E-state index in [1.165, 1.54) is 16.6 Å². The number of para-hydroxylation sites is 1. The van der Waals surface area contributed by atoms with Crippen LogP contribution >= 0.6 is 0 Å². The topological polar surface area (TPSA) is 22.0 Å². The number of fused-ring (bicyclic) bond motifs is 1. The first kappa shape index (κ1) is 9.64. The van der Waals surface area contributed by atoms with Crippen molar-refractivity contribution in [2.75, 3.05) is 0 Å². The molecule has 1 aliphatic rings. The van der Waals surface area contributed by atoms with Gasteiger partial charge in [0.1, 0.15) is 5.78 Å². The van der Waals surface area contributed by atoms with Gasteiger partial charge in [0.2, 0.25) is 0 Å². The maximum Gasteiger partial charge on any atom is 0.141 e. The number of benzene rings is 1. The second-order valence-corrected chi connectivity index (χ2v) is 4.79. The van der Waals surface area contributed by atoms with Crippen molar-refractivity contribution in [1.29, 1.82) is 0 Å². The Morgan fingerprint density at radius 1 is 1.31 bits per heavy atom. The van der Waals surface area contributed by atoms with Crippen molar-refractivity contribution in [3.63, 3.8) is 0 Å². The molecule has 0 spiro atoms. The van der Waals surface area contributed by atoms with Crippen molar-refractivity contribution in [1.82, 2.24) is 4.57 Å². The molecule has 16 heavy (non-hydrogen) atoms. The first-order valence-corrected chi connectivity index (χ1v) is 5.71. The highest BCUT2D eigenvalue weighted by molar-refractivity contribution is 5.93. The molecule has 0 amide bonds. The Morgan fingerprint density at radius 2 is 2.00 bits per heavy atom. The summed E-state index contributed by atoms with van der Waals surface area (Å²) in [5, 5.41) is 1.23. The van der Waals surface area contributed by atoms with E-state index in [4.69, 9.17) is 0 Å². The van der Waals surface area contributed by atoms with Crippen LogP contribution in [0.2, 0.25) is 0 Å². The van der Waals surface area contributed by atoms with E-state index in [0.717, 1.165) is 12.8 Å². The Kier molecular flexibility index (Phi) is 1.79. The number of carbonyl (C=O) groups is 1. The summed E-state index contributed by atoms with van der Waals surface area (Å²) in [6.07, 6.45) is 2.01. The average Bonchev–Trinajstić information content (AvgIpc) is 3.01. The molecule has 1 heterocycles. The molecule has 2 nitrogen and oxygen atoms in total. The summed E-state index contributed by atoms with van der Waals surface area (Å²) < 4.78 is 2.17. The summed E-state index contributed by atoms with van der Waals surface area (Å²) in [7, 11) is 2.06. The number of carbonyl (C=O) groups excluding carboxylic acids is 1. The zero-order valence-corrected chi connectivity index (χ0v) is 9.66. The predicted octanol–water partition coefficient (Wildman–Crippen LogP) is 2.80. The molecule has 0 radical (unpaired) electrons. The highest BCUT2D eigenvalue weighted by Crippen LogP contribution is 2.49. The summed E-state index contributed by atoms with van der Waals surface area (Å²) in [4.78, 5) is 11.7. The standard InChI is InChI=1S/C14H15NO/c1-10(16)14(7-8-14)13-9-11-5-3-4-6-12(11)15(13)2/h3-6,9H,7-8H2,1-2H3. The molecule has 0 saturated heterocycles. The number of rotatable bonds is 2. The molecule has 0 unspecified atom stereocenters. The van der Waals surface area contributed by atoms with E-state index < -0.39 is 0 Å². The van der Waals surface area contributed by atoms with Crippen molar-refractivity contribution in [3.8, 4) is 0 Å². The van der Waals surface area contributed by atoms with Crippen LogP contribution in [0.5, 0.6) is 0 Å². The van der Waals surface area contributed by atoms with Gasteiger partial charge >= 0.3 is 0 Å². The smallest absolute Gasteiger partial charge is 0.141 e.